The van der Waals surface area contributed by atoms with Gasteiger partial charge in [0.05, 0.1) is 25.2 Å². The number of ether oxygens (including phenoxy) is 2. The van der Waals surface area contributed by atoms with Gasteiger partial charge in [-0.3, -0.25) is 10.1 Å². The van der Waals surface area contributed by atoms with Crippen molar-refractivity contribution in [3.63, 3.8) is 0 Å². The van der Waals surface area contributed by atoms with E-state index >= 15 is 0 Å². The lowest BCUT2D eigenvalue weighted by atomic mass is 10.2. The molecule has 0 saturated carbocycles. The van der Waals surface area contributed by atoms with Crippen LogP contribution >= 0.6 is 0 Å². The fourth-order valence-electron chi connectivity index (χ4n) is 1.00. The van der Waals surface area contributed by atoms with Crippen molar-refractivity contribution in [2.45, 2.75) is 0 Å². The minimum absolute atomic E-state index is 0.470. The Kier molecular flexibility index (Phi) is 3.68. The van der Waals surface area contributed by atoms with E-state index in [1.165, 1.54) is 20.3 Å². The third kappa shape index (κ3) is 3.30. The first kappa shape index (κ1) is 11.0. The number of nitro groups is 1. The lowest BCUT2D eigenvalue weighted by molar-refractivity contribution is -0.400. The molecule has 0 fully saturated rings. The summed E-state index contributed by atoms with van der Waals surface area (Å²) in [6.07, 6.45) is 2.22. The summed E-state index contributed by atoms with van der Waals surface area (Å²) >= 11 is 0. The number of methoxy groups -OCH3 is 2. The fourth-order valence-corrected chi connectivity index (χ4v) is 1.00. The molecule has 15 heavy (non-hydrogen) atoms. The van der Waals surface area contributed by atoms with Gasteiger partial charge in [-0.1, -0.05) is 0 Å². The van der Waals surface area contributed by atoms with Crippen LogP contribution < -0.4 is 9.47 Å². The van der Waals surface area contributed by atoms with Crippen molar-refractivity contribution in [2.24, 2.45) is 0 Å². The van der Waals surface area contributed by atoms with Crippen LogP contribution in [-0.2, 0) is 0 Å². The Bertz CT molecular complexity index is 365. The van der Waals surface area contributed by atoms with E-state index in [9.17, 15) is 10.1 Å². The molecule has 0 aromatic heterocycles. The monoisotopic (exact) mass is 208 g/mol. The van der Waals surface area contributed by atoms with E-state index in [2.05, 4.69) is 6.07 Å². The van der Waals surface area contributed by atoms with Crippen molar-refractivity contribution in [3.05, 3.63) is 40.1 Å². The van der Waals surface area contributed by atoms with Crippen molar-refractivity contribution in [1.29, 1.82) is 0 Å². The third-order valence-electron chi connectivity index (χ3n) is 1.67. The first-order chi connectivity index (χ1) is 7.15. The highest BCUT2D eigenvalue weighted by Crippen LogP contribution is 2.22. The largest absolute Gasteiger partial charge is 0.496 e. The van der Waals surface area contributed by atoms with E-state index in [0.29, 0.717) is 17.1 Å². The normalized spacial score (nSPS) is 10.3. The second-order valence-electron chi connectivity index (χ2n) is 2.65. The first-order valence-electron chi connectivity index (χ1n) is 4.12. The van der Waals surface area contributed by atoms with Gasteiger partial charge in [-0.15, -0.1) is 0 Å². The van der Waals surface area contributed by atoms with Crippen LogP contribution in [0.3, 0.4) is 0 Å². The number of benzene rings is 1. The Labute approximate surface area is 87.1 Å². The van der Waals surface area contributed by atoms with Gasteiger partial charge in [0.15, 0.2) is 0 Å². The standard InChI is InChI=1S/C10H10NO4/c1-14-9-5-8(3-4-11(12)13)6-10(7-9)15-2/h3-6H,1-2H3/b4-3+. The molecular formula is C10H10NO4. The van der Waals surface area contributed by atoms with Gasteiger partial charge in [-0.05, 0) is 17.7 Å². The molecule has 1 radical (unpaired) electrons. The summed E-state index contributed by atoms with van der Waals surface area (Å²) in [5.74, 6) is 0.940. The van der Waals surface area contributed by atoms with Gasteiger partial charge in [0.2, 0.25) is 6.20 Å². The van der Waals surface area contributed by atoms with Crippen LogP contribution in [0.4, 0.5) is 0 Å². The Balaban J connectivity index is 3.01. The molecule has 0 N–H and O–H groups in total. The Hall–Kier alpha value is -2.04. The smallest absolute Gasteiger partial charge is 0.235 e. The van der Waals surface area contributed by atoms with Crippen molar-refractivity contribution < 1.29 is 14.4 Å². The predicted molar refractivity (Wildman–Crippen MR) is 54.4 cm³/mol. The van der Waals surface area contributed by atoms with Crippen LogP contribution in [0.2, 0.25) is 0 Å². The second kappa shape index (κ2) is 4.99. The molecule has 5 heteroatoms. The molecule has 0 heterocycles. The van der Waals surface area contributed by atoms with Gasteiger partial charge >= 0.3 is 0 Å². The maximum absolute atomic E-state index is 10.1. The van der Waals surface area contributed by atoms with Gasteiger partial charge in [-0.2, -0.15) is 0 Å². The van der Waals surface area contributed by atoms with E-state index in [4.69, 9.17) is 9.47 Å². The molecule has 0 aliphatic carbocycles. The predicted octanol–water partition coefficient (Wildman–Crippen LogP) is 1.75. The summed E-state index contributed by atoms with van der Waals surface area (Å²) in [5, 5.41) is 10.1. The molecule has 1 aromatic carbocycles. The van der Waals surface area contributed by atoms with Crippen LogP contribution in [0.25, 0.3) is 6.08 Å². The summed E-state index contributed by atoms with van der Waals surface area (Å²) in [6, 6.07) is 6.08. The molecule has 0 aliphatic rings. The molecule has 0 amide bonds. The SMILES string of the molecule is COc1[c]c(OC)cc(/C=C/[N+](=O)[O-])c1. The van der Waals surface area contributed by atoms with Crippen LogP contribution in [0.5, 0.6) is 11.5 Å². The maximum Gasteiger partial charge on any atom is 0.235 e. The van der Waals surface area contributed by atoms with E-state index in [0.717, 1.165) is 6.20 Å². The highest BCUT2D eigenvalue weighted by atomic mass is 16.6. The lowest BCUT2D eigenvalue weighted by Gasteiger charge is -2.04. The highest BCUT2D eigenvalue weighted by molar-refractivity contribution is 5.53. The van der Waals surface area contributed by atoms with Crippen molar-refractivity contribution in [1.82, 2.24) is 0 Å². The Morgan fingerprint density at radius 1 is 1.33 bits per heavy atom. The van der Waals surface area contributed by atoms with Gasteiger partial charge in [-0.25, -0.2) is 0 Å². The molecule has 79 valence electrons. The number of hydrogen-bond acceptors (Lipinski definition) is 4. The van der Waals surface area contributed by atoms with Crippen molar-refractivity contribution in [3.8, 4) is 11.5 Å². The zero-order valence-electron chi connectivity index (χ0n) is 8.39. The van der Waals surface area contributed by atoms with Gasteiger partial charge in [0, 0.05) is 6.08 Å². The molecule has 5 nitrogen and oxygen atoms in total. The third-order valence-corrected chi connectivity index (χ3v) is 1.67. The van der Waals surface area contributed by atoms with Crippen molar-refractivity contribution >= 4 is 6.08 Å². The minimum atomic E-state index is -0.532. The summed E-state index contributed by atoms with van der Waals surface area (Å²) in [4.78, 5) is 9.60. The molecule has 0 aliphatic heterocycles. The molecule has 1 rings (SSSR count). The van der Waals surface area contributed by atoms with Crippen LogP contribution in [-0.4, -0.2) is 19.1 Å². The summed E-state index contributed by atoms with van der Waals surface area (Å²) in [5.41, 5.74) is 0.624. The Morgan fingerprint density at radius 3 is 2.27 bits per heavy atom. The lowest BCUT2D eigenvalue weighted by Crippen LogP contribution is -1.89. The summed E-state index contributed by atoms with van der Waals surface area (Å²) < 4.78 is 9.93. The van der Waals surface area contributed by atoms with E-state index in [1.54, 1.807) is 12.1 Å². The van der Waals surface area contributed by atoms with Gasteiger partial charge < -0.3 is 9.47 Å². The van der Waals surface area contributed by atoms with Gasteiger partial charge in [0.1, 0.15) is 11.5 Å². The van der Waals surface area contributed by atoms with Crippen LogP contribution in [0, 0.1) is 16.2 Å². The topological polar surface area (TPSA) is 61.6 Å². The van der Waals surface area contributed by atoms with Crippen LogP contribution in [0.1, 0.15) is 5.56 Å². The highest BCUT2D eigenvalue weighted by Gasteiger charge is 2.00. The molecule has 1 aromatic rings. The number of hydrogen-bond donors (Lipinski definition) is 0. The Morgan fingerprint density at radius 2 is 1.87 bits per heavy atom. The first-order valence-corrected chi connectivity index (χ1v) is 4.12. The average Bonchev–Trinajstić information content (AvgIpc) is 2.25. The van der Waals surface area contributed by atoms with Crippen molar-refractivity contribution in [2.75, 3.05) is 14.2 Å². The molecule has 0 atom stereocenters. The van der Waals surface area contributed by atoms with E-state index in [-0.39, 0.29) is 0 Å². The maximum atomic E-state index is 10.1. The molecule has 0 spiro atoms. The average molecular weight is 208 g/mol. The number of rotatable bonds is 4. The fraction of sp³-hybridized carbons (Fsp3) is 0.200. The zero-order chi connectivity index (χ0) is 11.3. The molecule has 0 saturated heterocycles. The minimum Gasteiger partial charge on any atom is -0.496 e. The quantitative estimate of drug-likeness (QED) is 0.558. The summed E-state index contributed by atoms with van der Waals surface area (Å²) in [6.45, 7) is 0. The van der Waals surface area contributed by atoms with E-state index < -0.39 is 4.92 Å². The number of nitrogens with zero attached hydrogens (tertiary/aromatic N) is 1. The van der Waals surface area contributed by atoms with Crippen LogP contribution in [0.15, 0.2) is 18.3 Å². The molecule has 0 unspecified atom stereocenters. The molecule has 0 bridgehead atoms. The van der Waals surface area contributed by atoms with E-state index in [1.807, 2.05) is 0 Å². The molecular weight excluding hydrogens is 198 g/mol. The second-order valence-corrected chi connectivity index (χ2v) is 2.65. The van der Waals surface area contributed by atoms with Gasteiger partial charge in [0.25, 0.3) is 0 Å². The summed E-state index contributed by atoms with van der Waals surface area (Å²) in [7, 11) is 2.98. The zero-order valence-corrected chi connectivity index (χ0v) is 8.39.